The highest BCUT2D eigenvalue weighted by molar-refractivity contribution is 6.00. The number of pyridine rings is 1. The number of rotatable bonds is 2. The number of aromatic nitrogens is 1. The summed E-state index contributed by atoms with van der Waals surface area (Å²) >= 11 is 0. The Kier molecular flexibility index (Phi) is 4.09. The number of nitrogens with one attached hydrogen (secondary N) is 1. The molecular formula is C19H20N4O2. The van der Waals surface area contributed by atoms with Gasteiger partial charge in [-0.1, -0.05) is 18.2 Å². The lowest BCUT2D eigenvalue weighted by molar-refractivity contribution is -0.133. The Labute approximate surface area is 146 Å². The van der Waals surface area contributed by atoms with E-state index < -0.39 is 6.04 Å². The van der Waals surface area contributed by atoms with Crippen LogP contribution in [0.2, 0.25) is 0 Å². The van der Waals surface area contributed by atoms with Crippen LogP contribution in [0.5, 0.6) is 0 Å². The molecule has 0 radical (unpaired) electrons. The Morgan fingerprint density at radius 2 is 1.76 bits per heavy atom. The zero-order valence-corrected chi connectivity index (χ0v) is 13.9. The van der Waals surface area contributed by atoms with Gasteiger partial charge in [0.25, 0.3) is 5.91 Å². The third-order valence-corrected chi connectivity index (χ3v) is 4.91. The number of benzene rings is 1. The quantitative estimate of drug-likeness (QED) is 0.891. The van der Waals surface area contributed by atoms with Gasteiger partial charge in [0.1, 0.15) is 6.04 Å². The van der Waals surface area contributed by atoms with Crippen molar-refractivity contribution in [1.29, 1.82) is 0 Å². The topological polar surface area (TPSA) is 65.5 Å². The van der Waals surface area contributed by atoms with E-state index in [1.807, 2.05) is 35.2 Å². The van der Waals surface area contributed by atoms with Crippen LogP contribution in [0.4, 0.5) is 5.69 Å². The molecule has 3 heterocycles. The SMILES string of the molecule is O=C1N[C@@H](C(=O)N2CCN(c3ccncc3)CC2)Cc2ccccc21. The van der Waals surface area contributed by atoms with Crippen molar-refractivity contribution >= 4 is 17.5 Å². The third-order valence-electron chi connectivity index (χ3n) is 4.91. The van der Waals surface area contributed by atoms with Gasteiger partial charge in [0.15, 0.2) is 0 Å². The molecule has 6 heteroatoms. The van der Waals surface area contributed by atoms with E-state index in [0.717, 1.165) is 24.3 Å². The van der Waals surface area contributed by atoms with Gasteiger partial charge >= 0.3 is 0 Å². The molecule has 0 unspecified atom stereocenters. The Balaban J connectivity index is 1.41. The molecule has 6 nitrogen and oxygen atoms in total. The van der Waals surface area contributed by atoms with E-state index in [0.29, 0.717) is 25.1 Å². The van der Waals surface area contributed by atoms with E-state index >= 15 is 0 Å². The number of carbonyl (C=O) groups is 2. The highest BCUT2D eigenvalue weighted by Crippen LogP contribution is 2.19. The molecule has 2 aromatic rings. The lowest BCUT2D eigenvalue weighted by Gasteiger charge is -2.38. The largest absolute Gasteiger partial charge is 0.368 e. The van der Waals surface area contributed by atoms with E-state index in [2.05, 4.69) is 15.2 Å². The van der Waals surface area contributed by atoms with Gasteiger partial charge in [-0.15, -0.1) is 0 Å². The molecule has 1 N–H and O–H groups in total. The zero-order valence-electron chi connectivity index (χ0n) is 13.9. The Morgan fingerprint density at radius 3 is 2.52 bits per heavy atom. The van der Waals surface area contributed by atoms with Crippen molar-refractivity contribution in [2.45, 2.75) is 12.5 Å². The molecule has 0 aliphatic carbocycles. The van der Waals surface area contributed by atoms with E-state index in [1.165, 1.54) is 0 Å². The van der Waals surface area contributed by atoms with E-state index in [9.17, 15) is 9.59 Å². The molecule has 1 aromatic carbocycles. The second-order valence-electron chi connectivity index (χ2n) is 6.41. The normalized spacial score (nSPS) is 20.0. The van der Waals surface area contributed by atoms with Crippen LogP contribution in [0.3, 0.4) is 0 Å². The number of nitrogens with zero attached hydrogens (tertiary/aromatic N) is 3. The summed E-state index contributed by atoms with van der Waals surface area (Å²) in [7, 11) is 0. The molecule has 4 rings (SSSR count). The molecule has 0 spiro atoms. The van der Waals surface area contributed by atoms with Crippen molar-refractivity contribution in [2.75, 3.05) is 31.1 Å². The molecule has 2 aliphatic rings. The van der Waals surface area contributed by atoms with Crippen molar-refractivity contribution in [2.24, 2.45) is 0 Å². The summed E-state index contributed by atoms with van der Waals surface area (Å²) in [5.41, 5.74) is 2.75. The molecule has 0 saturated carbocycles. The molecule has 2 aliphatic heterocycles. The lowest BCUT2D eigenvalue weighted by Crippen LogP contribution is -2.56. The summed E-state index contributed by atoms with van der Waals surface area (Å²) < 4.78 is 0. The van der Waals surface area contributed by atoms with Crippen LogP contribution in [0.1, 0.15) is 15.9 Å². The van der Waals surface area contributed by atoms with Crippen LogP contribution >= 0.6 is 0 Å². The second-order valence-corrected chi connectivity index (χ2v) is 6.41. The Bertz CT molecular complexity index is 785. The Hall–Kier alpha value is -2.89. The second kappa shape index (κ2) is 6.55. The van der Waals surface area contributed by atoms with Crippen molar-refractivity contribution < 1.29 is 9.59 Å². The fourth-order valence-electron chi connectivity index (χ4n) is 3.54. The van der Waals surface area contributed by atoms with E-state index in [1.54, 1.807) is 18.5 Å². The van der Waals surface area contributed by atoms with E-state index in [4.69, 9.17) is 0 Å². The number of fused-ring (bicyclic) bond motifs is 1. The average molecular weight is 336 g/mol. The standard InChI is InChI=1S/C19H20N4O2/c24-18-16-4-2-1-3-14(16)13-17(21-18)19(25)23-11-9-22(10-12-23)15-5-7-20-8-6-15/h1-8,17H,9-13H2,(H,21,24)/t17-/m1/s1. The lowest BCUT2D eigenvalue weighted by atomic mass is 9.94. The summed E-state index contributed by atoms with van der Waals surface area (Å²) in [6.45, 7) is 2.89. The Morgan fingerprint density at radius 1 is 1.04 bits per heavy atom. The minimum absolute atomic E-state index is 0.0113. The summed E-state index contributed by atoms with van der Waals surface area (Å²) in [6.07, 6.45) is 4.12. The number of anilines is 1. The fourth-order valence-corrected chi connectivity index (χ4v) is 3.54. The molecule has 2 amide bonds. The minimum atomic E-state index is -0.463. The minimum Gasteiger partial charge on any atom is -0.368 e. The van der Waals surface area contributed by atoms with Gasteiger partial charge in [-0.3, -0.25) is 14.6 Å². The number of piperazine rings is 1. The predicted octanol–water partition coefficient (Wildman–Crippen LogP) is 1.08. The van der Waals surface area contributed by atoms with Crippen molar-refractivity contribution in [3.05, 3.63) is 59.9 Å². The van der Waals surface area contributed by atoms with Gasteiger partial charge in [0, 0.05) is 56.2 Å². The highest BCUT2D eigenvalue weighted by atomic mass is 16.2. The first-order chi connectivity index (χ1) is 12.2. The maximum Gasteiger partial charge on any atom is 0.252 e. The molecular weight excluding hydrogens is 316 g/mol. The predicted molar refractivity (Wildman–Crippen MR) is 94.4 cm³/mol. The fraction of sp³-hybridized carbons (Fsp3) is 0.316. The summed E-state index contributed by atoms with van der Waals surface area (Å²) in [5.74, 6) is -0.146. The summed E-state index contributed by atoms with van der Waals surface area (Å²) in [4.78, 5) is 33.2. The first kappa shape index (κ1) is 15.6. The molecule has 1 atom stereocenters. The summed E-state index contributed by atoms with van der Waals surface area (Å²) in [5, 5.41) is 2.86. The van der Waals surface area contributed by atoms with Crippen LogP contribution in [-0.2, 0) is 11.2 Å². The molecule has 0 bridgehead atoms. The number of hydrogen-bond acceptors (Lipinski definition) is 4. The molecule has 1 fully saturated rings. The van der Waals surface area contributed by atoms with Crippen LogP contribution in [-0.4, -0.2) is 53.9 Å². The van der Waals surface area contributed by atoms with Crippen LogP contribution in [0, 0.1) is 0 Å². The van der Waals surface area contributed by atoms with E-state index in [-0.39, 0.29) is 11.8 Å². The molecule has 1 aromatic heterocycles. The maximum atomic E-state index is 12.8. The van der Waals surface area contributed by atoms with Crippen molar-refractivity contribution in [1.82, 2.24) is 15.2 Å². The van der Waals surface area contributed by atoms with Gasteiger partial charge in [-0.2, -0.15) is 0 Å². The van der Waals surface area contributed by atoms with Crippen LogP contribution in [0.25, 0.3) is 0 Å². The van der Waals surface area contributed by atoms with Gasteiger partial charge in [-0.25, -0.2) is 0 Å². The third kappa shape index (κ3) is 3.07. The summed E-state index contributed by atoms with van der Waals surface area (Å²) in [6, 6.07) is 11.0. The smallest absolute Gasteiger partial charge is 0.252 e. The number of amides is 2. The zero-order chi connectivity index (χ0) is 17.2. The van der Waals surface area contributed by atoms with Crippen molar-refractivity contribution in [3.63, 3.8) is 0 Å². The first-order valence-corrected chi connectivity index (χ1v) is 8.55. The van der Waals surface area contributed by atoms with Crippen molar-refractivity contribution in [3.8, 4) is 0 Å². The average Bonchev–Trinajstić information content (AvgIpc) is 2.68. The van der Waals surface area contributed by atoms with Gasteiger partial charge in [0.2, 0.25) is 5.91 Å². The van der Waals surface area contributed by atoms with Crippen LogP contribution in [0.15, 0.2) is 48.8 Å². The molecule has 1 saturated heterocycles. The highest BCUT2D eigenvalue weighted by Gasteiger charge is 2.32. The maximum absolute atomic E-state index is 12.8. The number of carbonyl (C=O) groups excluding carboxylic acids is 2. The van der Waals surface area contributed by atoms with Crippen LogP contribution < -0.4 is 10.2 Å². The molecule has 128 valence electrons. The molecule has 25 heavy (non-hydrogen) atoms. The number of hydrogen-bond donors (Lipinski definition) is 1. The van der Waals surface area contributed by atoms with Gasteiger partial charge in [0.05, 0.1) is 0 Å². The first-order valence-electron chi connectivity index (χ1n) is 8.55. The monoisotopic (exact) mass is 336 g/mol. The van der Waals surface area contributed by atoms with Gasteiger partial charge < -0.3 is 15.1 Å². The van der Waals surface area contributed by atoms with Gasteiger partial charge in [-0.05, 0) is 23.8 Å².